The summed E-state index contributed by atoms with van der Waals surface area (Å²) in [5.41, 5.74) is -0.984. The topological polar surface area (TPSA) is 0 Å². The van der Waals surface area contributed by atoms with E-state index < -0.39 is 34.6 Å². The van der Waals surface area contributed by atoms with Crippen LogP contribution in [0.5, 0.6) is 0 Å². The second-order valence-electron chi connectivity index (χ2n) is 3.35. The maximum absolute atomic E-state index is 13.4. The Labute approximate surface area is 93.3 Å². The van der Waals surface area contributed by atoms with E-state index in [0.717, 1.165) is 12.1 Å². The molecular weight excluding hydrogens is 239 g/mol. The summed E-state index contributed by atoms with van der Waals surface area (Å²) in [6.07, 6.45) is 0. The molecule has 5 heteroatoms. The zero-order chi connectivity index (χ0) is 12.6. The van der Waals surface area contributed by atoms with E-state index >= 15 is 0 Å². The SMILES string of the molecule is Fc1cccc(-c2c(F)cc(F)c(F)c2F)c1. The molecule has 0 heterocycles. The number of benzene rings is 2. The second-order valence-corrected chi connectivity index (χ2v) is 3.35. The highest BCUT2D eigenvalue weighted by molar-refractivity contribution is 5.65. The number of hydrogen-bond donors (Lipinski definition) is 0. The van der Waals surface area contributed by atoms with E-state index in [0.29, 0.717) is 0 Å². The summed E-state index contributed by atoms with van der Waals surface area (Å²) in [5.74, 6) is -7.10. The Hall–Kier alpha value is -1.91. The minimum Gasteiger partial charge on any atom is -0.207 e. The van der Waals surface area contributed by atoms with Gasteiger partial charge in [0.15, 0.2) is 17.5 Å². The predicted molar refractivity (Wildman–Crippen MR) is 51.7 cm³/mol. The molecule has 0 nitrogen and oxygen atoms in total. The van der Waals surface area contributed by atoms with Gasteiger partial charge in [0.05, 0.1) is 5.56 Å². The van der Waals surface area contributed by atoms with Gasteiger partial charge in [0, 0.05) is 6.07 Å². The first-order valence-electron chi connectivity index (χ1n) is 4.59. The van der Waals surface area contributed by atoms with Crippen molar-refractivity contribution >= 4 is 0 Å². The average Bonchev–Trinajstić information content (AvgIpc) is 2.26. The Morgan fingerprint density at radius 1 is 0.706 bits per heavy atom. The maximum atomic E-state index is 13.4. The molecular formula is C12H5F5. The van der Waals surface area contributed by atoms with Gasteiger partial charge in [-0.25, -0.2) is 22.0 Å². The lowest BCUT2D eigenvalue weighted by Gasteiger charge is -2.06. The zero-order valence-electron chi connectivity index (χ0n) is 8.28. The van der Waals surface area contributed by atoms with Crippen LogP contribution in [0, 0.1) is 29.1 Å². The van der Waals surface area contributed by atoms with Crippen LogP contribution in [-0.4, -0.2) is 0 Å². The monoisotopic (exact) mass is 244 g/mol. The lowest BCUT2D eigenvalue weighted by molar-refractivity contribution is 0.437. The van der Waals surface area contributed by atoms with Crippen LogP contribution in [0.1, 0.15) is 0 Å². The van der Waals surface area contributed by atoms with E-state index in [9.17, 15) is 22.0 Å². The molecule has 0 unspecified atom stereocenters. The minimum absolute atomic E-state index is 0.195. The molecule has 0 atom stereocenters. The normalized spacial score (nSPS) is 10.6. The molecule has 2 aromatic carbocycles. The van der Waals surface area contributed by atoms with E-state index in [2.05, 4.69) is 0 Å². The first-order chi connectivity index (χ1) is 8.00. The third kappa shape index (κ3) is 2.00. The molecule has 0 bridgehead atoms. The molecule has 0 aliphatic rings. The summed E-state index contributed by atoms with van der Waals surface area (Å²) in [4.78, 5) is 0. The molecule has 0 N–H and O–H groups in total. The Bertz CT molecular complexity index is 577. The zero-order valence-corrected chi connectivity index (χ0v) is 8.28. The predicted octanol–water partition coefficient (Wildman–Crippen LogP) is 4.05. The minimum atomic E-state index is -1.79. The number of rotatable bonds is 1. The van der Waals surface area contributed by atoms with Gasteiger partial charge in [-0.15, -0.1) is 0 Å². The van der Waals surface area contributed by atoms with E-state index in [1.807, 2.05) is 0 Å². The van der Waals surface area contributed by atoms with Gasteiger partial charge in [-0.1, -0.05) is 12.1 Å². The summed E-state index contributed by atoms with van der Waals surface area (Å²) >= 11 is 0. The molecule has 88 valence electrons. The van der Waals surface area contributed by atoms with Gasteiger partial charge in [-0.3, -0.25) is 0 Å². The Morgan fingerprint density at radius 3 is 2.06 bits per heavy atom. The summed E-state index contributed by atoms with van der Waals surface area (Å²) in [6, 6.07) is 4.53. The molecule has 0 saturated heterocycles. The fourth-order valence-electron chi connectivity index (χ4n) is 1.47. The Morgan fingerprint density at radius 2 is 1.41 bits per heavy atom. The van der Waals surface area contributed by atoms with Crippen molar-refractivity contribution in [3.63, 3.8) is 0 Å². The van der Waals surface area contributed by atoms with E-state index in [-0.39, 0.29) is 11.6 Å². The summed E-state index contributed by atoms with van der Waals surface area (Å²) in [6.45, 7) is 0. The summed E-state index contributed by atoms with van der Waals surface area (Å²) in [7, 11) is 0. The summed E-state index contributed by atoms with van der Waals surface area (Å²) < 4.78 is 65.2. The smallest absolute Gasteiger partial charge is 0.195 e. The lowest BCUT2D eigenvalue weighted by atomic mass is 10.0. The maximum Gasteiger partial charge on any atom is 0.195 e. The van der Waals surface area contributed by atoms with Crippen molar-refractivity contribution in [2.24, 2.45) is 0 Å². The van der Waals surface area contributed by atoms with E-state index in [1.165, 1.54) is 12.1 Å². The van der Waals surface area contributed by atoms with Crippen LogP contribution in [-0.2, 0) is 0 Å². The van der Waals surface area contributed by atoms with Crippen molar-refractivity contribution in [1.29, 1.82) is 0 Å². The van der Waals surface area contributed by atoms with Crippen LogP contribution in [0.2, 0.25) is 0 Å². The quantitative estimate of drug-likeness (QED) is 0.403. The van der Waals surface area contributed by atoms with Crippen molar-refractivity contribution in [2.75, 3.05) is 0 Å². The van der Waals surface area contributed by atoms with Crippen LogP contribution >= 0.6 is 0 Å². The van der Waals surface area contributed by atoms with Crippen LogP contribution in [0.15, 0.2) is 30.3 Å². The molecule has 2 rings (SSSR count). The van der Waals surface area contributed by atoms with Crippen LogP contribution in [0.4, 0.5) is 22.0 Å². The number of hydrogen-bond acceptors (Lipinski definition) is 0. The highest BCUT2D eigenvalue weighted by Crippen LogP contribution is 2.29. The molecule has 17 heavy (non-hydrogen) atoms. The van der Waals surface area contributed by atoms with Crippen LogP contribution in [0.25, 0.3) is 11.1 Å². The van der Waals surface area contributed by atoms with Gasteiger partial charge < -0.3 is 0 Å². The first kappa shape index (κ1) is 11.6. The van der Waals surface area contributed by atoms with Crippen molar-refractivity contribution in [3.05, 3.63) is 59.4 Å². The molecule has 0 saturated carbocycles. The van der Waals surface area contributed by atoms with Crippen LogP contribution < -0.4 is 0 Å². The largest absolute Gasteiger partial charge is 0.207 e. The van der Waals surface area contributed by atoms with Gasteiger partial charge >= 0.3 is 0 Å². The Balaban J connectivity index is 2.72. The average molecular weight is 244 g/mol. The molecule has 0 aliphatic heterocycles. The molecule has 0 radical (unpaired) electrons. The molecule has 0 aromatic heterocycles. The molecule has 0 fully saturated rings. The third-order valence-electron chi connectivity index (χ3n) is 2.23. The molecule has 0 amide bonds. The van der Waals surface area contributed by atoms with Crippen molar-refractivity contribution in [2.45, 2.75) is 0 Å². The molecule has 0 aliphatic carbocycles. The summed E-state index contributed by atoms with van der Waals surface area (Å²) in [5, 5.41) is 0. The van der Waals surface area contributed by atoms with Gasteiger partial charge in [0.25, 0.3) is 0 Å². The Kier molecular flexibility index (Phi) is 2.83. The van der Waals surface area contributed by atoms with Crippen molar-refractivity contribution in [3.8, 4) is 11.1 Å². The molecule has 2 aromatic rings. The third-order valence-corrected chi connectivity index (χ3v) is 2.23. The van der Waals surface area contributed by atoms with Gasteiger partial charge in [-0.05, 0) is 17.7 Å². The lowest BCUT2D eigenvalue weighted by Crippen LogP contribution is -1.98. The van der Waals surface area contributed by atoms with Gasteiger partial charge in [0.2, 0.25) is 0 Å². The highest BCUT2D eigenvalue weighted by atomic mass is 19.2. The fraction of sp³-hybridized carbons (Fsp3) is 0. The van der Waals surface area contributed by atoms with Gasteiger partial charge in [-0.2, -0.15) is 0 Å². The second kappa shape index (κ2) is 4.16. The fourth-order valence-corrected chi connectivity index (χ4v) is 1.47. The highest BCUT2D eigenvalue weighted by Gasteiger charge is 2.20. The number of halogens is 5. The van der Waals surface area contributed by atoms with Crippen molar-refractivity contribution in [1.82, 2.24) is 0 Å². The van der Waals surface area contributed by atoms with Gasteiger partial charge in [0.1, 0.15) is 11.6 Å². The van der Waals surface area contributed by atoms with Crippen molar-refractivity contribution < 1.29 is 22.0 Å². The first-order valence-corrected chi connectivity index (χ1v) is 4.59. The van der Waals surface area contributed by atoms with Crippen LogP contribution in [0.3, 0.4) is 0 Å². The van der Waals surface area contributed by atoms with E-state index in [1.54, 1.807) is 0 Å². The standard InChI is InChI=1S/C12H5F5/c13-7-3-1-2-6(4-7)10-8(14)5-9(15)11(16)12(10)17/h1-5H. The van der Waals surface area contributed by atoms with E-state index in [4.69, 9.17) is 0 Å². The molecule has 0 spiro atoms.